The Balaban J connectivity index is 0.00000289. The van der Waals surface area contributed by atoms with Crippen LogP contribution in [-0.4, -0.2) is 53.3 Å². The Morgan fingerprint density at radius 3 is 2.17 bits per heavy atom. The van der Waals surface area contributed by atoms with Gasteiger partial charge in [-0.15, -0.1) is 0 Å². The molecule has 0 aromatic carbocycles. The molecule has 0 aromatic rings. The molecule has 2 radical (unpaired) electrons. The number of hydrogen-bond acceptors (Lipinski definition) is 3. The van der Waals surface area contributed by atoms with E-state index in [0.29, 0.717) is 6.61 Å². The van der Waals surface area contributed by atoms with Crippen LogP contribution in [0.2, 0.25) is 18.1 Å². The molecule has 0 bridgehead atoms. The number of aliphatic hydroxyl groups excluding tert-OH is 1. The molecule has 1 saturated heterocycles. The molecule has 1 aliphatic heterocycles. The molecule has 0 amide bonds. The summed E-state index contributed by atoms with van der Waals surface area (Å²) in [5.41, 5.74) is 0. The second-order valence-electron chi connectivity index (χ2n) is 6.46. The van der Waals surface area contributed by atoms with Crippen LogP contribution in [0.1, 0.15) is 27.7 Å². The van der Waals surface area contributed by atoms with Crippen LogP contribution in [-0.2, 0) is 31.5 Å². The molecule has 3 nitrogen and oxygen atoms in total. The first kappa shape index (κ1) is 19.4. The molecule has 1 rings (SSSR count). The van der Waals surface area contributed by atoms with Gasteiger partial charge in [-0.1, -0.05) is 0 Å². The van der Waals surface area contributed by atoms with Crippen molar-refractivity contribution < 1.29 is 36.6 Å². The molecular weight excluding hydrogens is 496 g/mol. The molecule has 1 heterocycles. The average molecular weight is 521 g/mol. The zero-order valence-corrected chi connectivity index (χ0v) is 16.9. The van der Waals surface area contributed by atoms with Crippen LogP contribution in [0.3, 0.4) is 0 Å². The fraction of sp³-hybridized carbons (Fsp3) is 1.00. The van der Waals surface area contributed by atoms with Crippen molar-refractivity contribution in [1.82, 2.24) is 0 Å². The summed E-state index contributed by atoms with van der Waals surface area (Å²) in [6.45, 7) is 13.8. The molecule has 0 aliphatic carbocycles. The summed E-state index contributed by atoms with van der Waals surface area (Å²) < 4.78 is 11.8. The van der Waals surface area contributed by atoms with Crippen LogP contribution in [0, 0.1) is 5.92 Å². The minimum atomic E-state index is -1.72. The maximum atomic E-state index is 9.83. The first-order valence-electron chi connectivity index (χ1n) is 6.19. The Bertz CT molecular complexity index is 271. The fourth-order valence-electron chi connectivity index (χ4n) is 1.54. The number of hydrogen-bond donors (Lipinski definition) is 1. The minimum absolute atomic E-state index is 0. The third-order valence-corrected chi connectivity index (χ3v) is 9.45. The monoisotopic (exact) mass is 522 g/mol. The van der Waals surface area contributed by atoms with Gasteiger partial charge in [-0.3, -0.25) is 0 Å². The van der Waals surface area contributed by atoms with Crippen LogP contribution < -0.4 is 0 Å². The summed E-state index contributed by atoms with van der Waals surface area (Å²) in [6, 6.07) is 0. The predicted octanol–water partition coefficient (Wildman–Crippen LogP) is 1.90. The van der Waals surface area contributed by atoms with Crippen molar-refractivity contribution in [2.45, 2.75) is 63.0 Å². The van der Waals surface area contributed by atoms with Crippen molar-refractivity contribution in [2.24, 2.45) is 5.92 Å². The first-order chi connectivity index (χ1) is 7.56. The predicted molar refractivity (Wildman–Crippen MR) is 72.7 cm³/mol. The van der Waals surface area contributed by atoms with E-state index in [0.717, 1.165) is 0 Å². The van der Waals surface area contributed by atoms with Crippen molar-refractivity contribution >= 4 is 24.3 Å². The first-order valence-corrected chi connectivity index (χ1v) is 10.1. The fourth-order valence-corrected chi connectivity index (χ4v) is 3.38. The summed E-state index contributed by atoms with van der Waals surface area (Å²) >= 11 is 2.86. The molecule has 6 heteroatoms. The van der Waals surface area contributed by atoms with Gasteiger partial charge in [-0.05, 0) is 0 Å². The van der Waals surface area contributed by atoms with Crippen molar-refractivity contribution in [3.8, 4) is 0 Å². The summed E-state index contributed by atoms with van der Waals surface area (Å²) in [5.74, 6) is 0.131. The van der Waals surface area contributed by atoms with E-state index >= 15 is 0 Å². The van der Waals surface area contributed by atoms with Gasteiger partial charge in [0, 0.05) is 22.4 Å². The summed E-state index contributed by atoms with van der Waals surface area (Å²) in [5, 5.41) is 9.84. The smallest absolute Gasteiger partial charge is 0 e. The van der Waals surface area contributed by atoms with E-state index < -0.39 is 14.4 Å². The summed E-state index contributed by atoms with van der Waals surface area (Å²) in [6.07, 6.45) is -0.409. The zero-order chi connectivity index (χ0) is 13.4. The van der Waals surface area contributed by atoms with Crippen LogP contribution >= 0.6 is 0 Å². The summed E-state index contributed by atoms with van der Waals surface area (Å²) in [7, 11) is -1.72. The SMILES string of the molecule is CC1C(CO[Si](C)(C)C(C)(C)C)OC([Se])C1O.[Au]. The molecule has 1 fully saturated rings. The zero-order valence-electron chi connectivity index (χ0n) is 12.0. The standard InChI is InChI=1S/C12H25O3SeSi.Au/c1-8-9(15-11(16)10(8)13)7-14-17(5,6)12(2,3)4;/h8-11,13H,7H2,1-6H3;. The van der Waals surface area contributed by atoms with E-state index in [-0.39, 0.29) is 44.4 Å². The second-order valence-corrected chi connectivity index (χ2v) is 12.2. The van der Waals surface area contributed by atoms with Gasteiger partial charge in [0.2, 0.25) is 0 Å². The Labute approximate surface area is 136 Å². The third kappa shape index (κ3) is 4.44. The number of aliphatic hydroxyl groups is 1. The van der Waals surface area contributed by atoms with E-state index in [2.05, 4.69) is 49.9 Å². The van der Waals surface area contributed by atoms with Crippen molar-refractivity contribution in [2.75, 3.05) is 6.61 Å². The number of rotatable bonds is 3. The van der Waals surface area contributed by atoms with E-state index in [1.807, 2.05) is 6.92 Å². The van der Waals surface area contributed by atoms with Gasteiger partial charge < -0.3 is 0 Å². The average Bonchev–Trinajstić information content (AvgIpc) is 2.41. The Kier molecular flexibility index (Phi) is 7.40. The van der Waals surface area contributed by atoms with Crippen LogP contribution in [0.25, 0.3) is 0 Å². The van der Waals surface area contributed by atoms with Gasteiger partial charge in [-0.2, -0.15) is 0 Å². The largest absolute Gasteiger partial charge is 0 e. The van der Waals surface area contributed by atoms with Crippen molar-refractivity contribution in [1.29, 1.82) is 0 Å². The molecule has 1 N–H and O–H groups in total. The van der Waals surface area contributed by atoms with Crippen LogP contribution in [0.4, 0.5) is 0 Å². The Morgan fingerprint density at radius 2 is 1.83 bits per heavy atom. The topological polar surface area (TPSA) is 38.7 Å². The Morgan fingerprint density at radius 1 is 1.33 bits per heavy atom. The summed E-state index contributed by atoms with van der Waals surface area (Å²) in [4.78, 5) is 0. The number of ether oxygens (including phenoxy) is 1. The normalized spacial score (nSPS) is 33.3. The molecular formula is C12H25AuO3SeSi. The van der Waals surface area contributed by atoms with E-state index in [1.165, 1.54) is 0 Å². The minimum Gasteiger partial charge on any atom is 0 e. The van der Waals surface area contributed by atoms with Crippen LogP contribution in [0.5, 0.6) is 0 Å². The van der Waals surface area contributed by atoms with Gasteiger partial charge in [0.1, 0.15) is 0 Å². The van der Waals surface area contributed by atoms with Crippen LogP contribution in [0.15, 0.2) is 0 Å². The quantitative estimate of drug-likeness (QED) is 0.577. The maximum Gasteiger partial charge on any atom is 0 e. The molecule has 4 unspecified atom stereocenters. The van der Waals surface area contributed by atoms with Gasteiger partial charge in [0.05, 0.1) is 0 Å². The van der Waals surface area contributed by atoms with Crippen molar-refractivity contribution in [3.63, 3.8) is 0 Å². The molecule has 1 aliphatic rings. The van der Waals surface area contributed by atoms with E-state index in [4.69, 9.17) is 9.16 Å². The maximum absolute atomic E-state index is 9.83. The molecule has 0 aromatic heterocycles. The van der Waals surface area contributed by atoms with Gasteiger partial charge in [0.25, 0.3) is 0 Å². The van der Waals surface area contributed by atoms with Crippen molar-refractivity contribution in [3.05, 3.63) is 0 Å². The van der Waals surface area contributed by atoms with Gasteiger partial charge >= 0.3 is 114 Å². The second kappa shape index (κ2) is 6.88. The van der Waals surface area contributed by atoms with E-state index in [1.54, 1.807) is 0 Å². The van der Waals surface area contributed by atoms with Gasteiger partial charge in [0.15, 0.2) is 0 Å². The molecule has 18 heavy (non-hydrogen) atoms. The molecule has 0 saturated carbocycles. The van der Waals surface area contributed by atoms with Gasteiger partial charge in [-0.25, -0.2) is 0 Å². The molecule has 4 atom stereocenters. The Hall–Kier alpha value is 1.36. The van der Waals surface area contributed by atoms with E-state index in [9.17, 15) is 5.11 Å². The molecule has 112 valence electrons. The molecule has 0 spiro atoms. The third-order valence-electron chi connectivity index (χ3n) is 4.13.